The number of benzene rings is 4. The Morgan fingerprint density at radius 2 is 1.36 bits per heavy atom. The molecule has 11 heteroatoms. The summed E-state index contributed by atoms with van der Waals surface area (Å²) in [5.41, 5.74) is 4.10. The van der Waals surface area contributed by atoms with Gasteiger partial charge in [0.15, 0.2) is 6.10 Å². The van der Waals surface area contributed by atoms with Crippen molar-refractivity contribution in [2.45, 2.75) is 78.4 Å². The summed E-state index contributed by atoms with van der Waals surface area (Å²) in [7, 11) is 0. The molecule has 4 aromatic carbocycles. The molecule has 0 amide bonds. The zero-order valence-electron chi connectivity index (χ0n) is 26.4. The molecule has 2 atom stereocenters. The zero-order valence-corrected chi connectivity index (χ0v) is 26.4. The second-order valence-corrected chi connectivity index (χ2v) is 12.3. The van der Waals surface area contributed by atoms with E-state index in [0.29, 0.717) is 45.0 Å². The topological polar surface area (TPSA) is 59.6 Å². The average molecular weight is 657 g/mol. The first-order valence-corrected chi connectivity index (χ1v) is 15.3. The van der Waals surface area contributed by atoms with E-state index < -0.39 is 30.1 Å². The second kappa shape index (κ2) is 11.5. The quantitative estimate of drug-likeness (QED) is 0.168. The molecule has 5 nitrogen and oxygen atoms in total. The number of nitrogens with zero attached hydrogens (tertiary/aromatic N) is 2. The Balaban J connectivity index is 1.54. The van der Waals surface area contributed by atoms with Crippen molar-refractivity contribution in [3.8, 4) is 5.75 Å². The van der Waals surface area contributed by atoms with Gasteiger partial charge in [0.25, 0.3) is 0 Å². The third-order valence-corrected chi connectivity index (χ3v) is 8.93. The van der Waals surface area contributed by atoms with Gasteiger partial charge in [-0.15, -0.1) is 0 Å². The highest BCUT2D eigenvalue weighted by Crippen LogP contribution is 2.45. The molecule has 0 radical (unpaired) electrons. The fourth-order valence-corrected chi connectivity index (χ4v) is 6.84. The third kappa shape index (κ3) is 5.39. The highest BCUT2D eigenvalue weighted by Gasteiger charge is 2.44. The molecule has 0 fully saturated rings. The maximum atomic E-state index is 14.9. The molecule has 0 aliphatic rings. The van der Waals surface area contributed by atoms with Crippen molar-refractivity contribution in [2.75, 3.05) is 0 Å². The molecule has 0 aliphatic heterocycles. The number of hydrogen-bond acceptors (Lipinski definition) is 3. The lowest BCUT2D eigenvalue weighted by Gasteiger charge is -2.24. The zero-order chi connectivity index (χ0) is 34.2. The number of halogens is 6. The molecule has 6 rings (SSSR count). The van der Waals surface area contributed by atoms with Gasteiger partial charge in [0.1, 0.15) is 5.75 Å². The predicted octanol–water partition coefficient (Wildman–Crippen LogP) is 9.89. The molecule has 2 aromatic heterocycles. The van der Waals surface area contributed by atoms with E-state index in [4.69, 9.17) is 4.74 Å². The molecule has 0 aliphatic carbocycles. The van der Waals surface area contributed by atoms with Gasteiger partial charge in [0, 0.05) is 61.8 Å². The Bertz CT molecular complexity index is 2160. The monoisotopic (exact) mass is 656 g/mol. The highest BCUT2D eigenvalue weighted by atomic mass is 19.4. The summed E-state index contributed by atoms with van der Waals surface area (Å²) >= 11 is 0. The Morgan fingerprint density at radius 3 is 1.91 bits per heavy atom. The summed E-state index contributed by atoms with van der Waals surface area (Å²) in [5.74, 6) is 0.0428. The van der Waals surface area contributed by atoms with Crippen LogP contribution in [0.25, 0.3) is 43.6 Å². The maximum Gasteiger partial charge on any atom is 0.429 e. The number of hydrogen-bond donors (Lipinski definition) is 2. The van der Waals surface area contributed by atoms with E-state index in [-0.39, 0.29) is 24.0 Å². The number of ether oxygens (including phenoxy) is 1. The van der Waals surface area contributed by atoms with Crippen molar-refractivity contribution in [2.24, 2.45) is 0 Å². The van der Waals surface area contributed by atoms with Gasteiger partial charge in [-0.3, -0.25) is 0 Å². The number of fused-ring (bicyclic) bond motifs is 6. The first-order chi connectivity index (χ1) is 22.1. The van der Waals surface area contributed by atoms with Crippen molar-refractivity contribution >= 4 is 43.6 Å². The third-order valence-electron chi connectivity index (χ3n) is 8.93. The van der Waals surface area contributed by atoms with Crippen LogP contribution in [0.1, 0.15) is 66.8 Å². The molecule has 2 heterocycles. The van der Waals surface area contributed by atoms with E-state index >= 15 is 0 Å². The summed E-state index contributed by atoms with van der Waals surface area (Å²) in [6.45, 7) is 9.63. The SMILES string of the molecule is CCn1c2ccc(C(O)C(F)(F)F)cc2c2cc(C(Oc3cc(C)c4c(c3C)c3cc(CO)ccc3n4C(C)C)C(F)(F)F)ccc21. The fraction of sp³-hybridized carbons (Fsp3) is 0.333. The van der Waals surface area contributed by atoms with Crippen molar-refractivity contribution < 1.29 is 41.3 Å². The number of alkyl halides is 6. The van der Waals surface area contributed by atoms with E-state index in [9.17, 15) is 36.6 Å². The number of aromatic nitrogens is 2. The molecule has 0 spiro atoms. The van der Waals surface area contributed by atoms with Gasteiger partial charge in [-0.05, 0) is 93.8 Å². The Morgan fingerprint density at radius 1 is 0.766 bits per heavy atom. The Labute approximate surface area is 266 Å². The smallest absolute Gasteiger partial charge is 0.429 e. The van der Waals surface area contributed by atoms with Gasteiger partial charge in [-0.2, -0.15) is 26.3 Å². The minimum atomic E-state index is -4.91. The summed E-state index contributed by atoms with van der Waals surface area (Å²) in [5, 5.41) is 21.8. The van der Waals surface area contributed by atoms with Crippen LogP contribution in [0.2, 0.25) is 0 Å². The predicted molar refractivity (Wildman–Crippen MR) is 171 cm³/mol. The molecule has 0 saturated heterocycles. The molecule has 47 heavy (non-hydrogen) atoms. The molecule has 2 unspecified atom stereocenters. The Kier molecular flexibility index (Phi) is 7.99. The van der Waals surface area contributed by atoms with Gasteiger partial charge < -0.3 is 24.1 Å². The summed E-state index contributed by atoms with van der Waals surface area (Å²) in [4.78, 5) is 0. The van der Waals surface area contributed by atoms with Gasteiger partial charge in [-0.25, -0.2) is 0 Å². The van der Waals surface area contributed by atoms with Crippen LogP contribution in [0.3, 0.4) is 0 Å². The fourth-order valence-electron chi connectivity index (χ4n) is 6.84. The average Bonchev–Trinajstić information content (AvgIpc) is 3.52. The van der Waals surface area contributed by atoms with E-state index in [0.717, 1.165) is 21.8 Å². The Hall–Kier alpha value is -4.22. The lowest BCUT2D eigenvalue weighted by molar-refractivity contribution is -0.206. The molecule has 0 bridgehead atoms. The van der Waals surface area contributed by atoms with Crippen LogP contribution in [-0.2, 0) is 13.2 Å². The van der Waals surface area contributed by atoms with Crippen molar-refractivity contribution in [3.05, 3.63) is 88.5 Å². The van der Waals surface area contributed by atoms with Gasteiger partial charge in [0.2, 0.25) is 6.10 Å². The minimum Gasteiger partial charge on any atom is -0.476 e. The van der Waals surface area contributed by atoms with Crippen molar-refractivity contribution in [1.29, 1.82) is 0 Å². The highest BCUT2D eigenvalue weighted by molar-refractivity contribution is 6.12. The van der Waals surface area contributed by atoms with Crippen molar-refractivity contribution in [1.82, 2.24) is 9.13 Å². The van der Waals surface area contributed by atoms with E-state index in [2.05, 4.69) is 4.57 Å². The lowest BCUT2D eigenvalue weighted by Crippen LogP contribution is -2.26. The molecule has 0 saturated carbocycles. The number of rotatable bonds is 7. The molecule has 6 aromatic rings. The van der Waals surface area contributed by atoms with Crippen LogP contribution < -0.4 is 4.74 Å². The molecule has 248 valence electrons. The van der Waals surface area contributed by atoms with Crippen LogP contribution >= 0.6 is 0 Å². The minimum absolute atomic E-state index is 0.0394. The number of aliphatic hydroxyl groups excluding tert-OH is 2. The lowest BCUT2D eigenvalue weighted by atomic mass is 10.0. The standard InChI is InChI=1S/C36H34F6N2O3/c1-6-43-27-11-8-22(33(46)35(37,38)39)15-24(27)25-16-23(9-12-28(25)43)34(36(40,41)42)47-30-13-19(4)32-31(20(30)5)26-14-21(17-45)7-10-29(26)44(32)18(2)3/h7-16,18,33-34,45-46H,6,17H2,1-5H3. The second-order valence-electron chi connectivity index (χ2n) is 12.3. The number of aliphatic hydroxyl groups is 2. The summed E-state index contributed by atoms with van der Waals surface area (Å²) < 4.78 is 94.4. The first kappa shape index (κ1) is 32.7. The molecular formula is C36H34F6N2O3. The van der Waals surface area contributed by atoms with Gasteiger partial charge >= 0.3 is 12.4 Å². The van der Waals surface area contributed by atoms with Crippen molar-refractivity contribution in [3.63, 3.8) is 0 Å². The maximum absolute atomic E-state index is 14.9. The molecular weight excluding hydrogens is 622 g/mol. The van der Waals surface area contributed by atoms with Crippen LogP contribution in [0.5, 0.6) is 5.75 Å². The van der Waals surface area contributed by atoms with E-state index in [1.165, 1.54) is 36.4 Å². The van der Waals surface area contributed by atoms with E-state index in [1.54, 1.807) is 17.6 Å². The van der Waals surface area contributed by atoms with Gasteiger partial charge in [-0.1, -0.05) is 18.2 Å². The van der Waals surface area contributed by atoms with Crippen LogP contribution in [-0.4, -0.2) is 31.7 Å². The summed E-state index contributed by atoms with van der Waals surface area (Å²) in [6, 6.07) is 15.2. The summed E-state index contributed by atoms with van der Waals surface area (Å²) in [6.07, 6.45) is -14.9. The van der Waals surface area contributed by atoms with Crippen LogP contribution in [0.15, 0.2) is 60.7 Å². The van der Waals surface area contributed by atoms with E-state index in [1.807, 2.05) is 45.9 Å². The van der Waals surface area contributed by atoms with Gasteiger partial charge in [0.05, 0.1) is 12.1 Å². The van der Waals surface area contributed by atoms with Crippen LogP contribution in [0, 0.1) is 13.8 Å². The number of aryl methyl sites for hydroxylation is 3. The largest absolute Gasteiger partial charge is 0.476 e. The first-order valence-electron chi connectivity index (χ1n) is 15.3. The molecule has 2 N–H and O–H groups in total. The normalized spacial score (nSPS) is 14.3. The van der Waals surface area contributed by atoms with Crippen LogP contribution in [0.4, 0.5) is 26.3 Å².